The average molecular weight is 265 g/mol. The van der Waals surface area contributed by atoms with Gasteiger partial charge in [0.1, 0.15) is 0 Å². The number of benzene rings is 1. The predicted molar refractivity (Wildman–Crippen MR) is 74.6 cm³/mol. The second-order valence-electron chi connectivity index (χ2n) is 5.24. The van der Waals surface area contributed by atoms with Gasteiger partial charge in [-0.25, -0.2) is 0 Å². The Kier molecular flexibility index (Phi) is 4.66. The van der Waals surface area contributed by atoms with E-state index < -0.39 is 0 Å². The van der Waals surface area contributed by atoms with Crippen molar-refractivity contribution in [2.45, 2.75) is 32.9 Å². The van der Waals surface area contributed by atoms with Gasteiger partial charge >= 0.3 is 0 Å². The first kappa shape index (κ1) is 14.2. The fourth-order valence-electron chi connectivity index (χ4n) is 1.92. The Hall–Kier alpha value is -1.26. The number of fused-ring (bicyclic) bond motifs is 1. The molecule has 1 N–H and O–H groups in total. The molecule has 2 atom stereocenters. The first-order chi connectivity index (χ1) is 9.11. The minimum absolute atomic E-state index is 0.163. The molecule has 0 aromatic heterocycles. The van der Waals surface area contributed by atoms with Crippen molar-refractivity contribution in [2.75, 3.05) is 20.4 Å². The fourth-order valence-corrected chi connectivity index (χ4v) is 1.92. The van der Waals surface area contributed by atoms with E-state index in [-0.39, 0.29) is 12.1 Å². The van der Waals surface area contributed by atoms with Crippen LogP contribution in [0.1, 0.15) is 32.4 Å². The lowest BCUT2D eigenvalue weighted by Gasteiger charge is -2.22. The fraction of sp³-hybridized carbons (Fsp3) is 0.600. The molecule has 0 saturated heterocycles. The second kappa shape index (κ2) is 6.26. The van der Waals surface area contributed by atoms with Crippen LogP contribution < -0.4 is 14.8 Å². The molecule has 4 nitrogen and oxygen atoms in total. The summed E-state index contributed by atoms with van der Waals surface area (Å²) >= 11 is 0. The second-order valence-corrected chi connectivity index (χ2v) is 5.24. The van der Waals surface area contributed by atoms with E-state index in [9.17, 15) is 0 Å². The minimum Gasteiger partial charge on any atom is -0.454 e. The third kappa shape index (κ3) is 3.39. The predicted octanol–water partition coefficient (Wildman–Crippen LogP) is 2.74. The lowest BCUT2D eigenvalue weighted by atomic mass is 10.1. The maximum atomic E-state index is 5.90. The summed E-state index contributed by atoms with van der Waals surface area (Å²) in [6.07, 6.45) is 0.255. The van der Waals surface area contributed by atoms with Crippen molar-refractivity contribution in [1.29, 1.82) is 0 Å². The quantitative estimate of drug-likeness (QED) is 0.858. The van der Waals surface area contributed by atoms with Gasteiger partial charge in [0.25, 0.3) is 0 Å². The Morgan fingerprint density at radius 3 is 2.63 bits per heavy atom. The van der Waals surface area contributed by atoms with Crippen molar-refractivity contribution in [3.63, 3.8) is 0 Å². The van der Waals surface area contributed by atoms with Crippen molar-refractivity contribution >= 4 is 0 Å². The van der Waals surface area contributed by atoms with Crippen molar-refractivity contribution in [3.8, 4) is 11.5 Å². The van der Waals surface area contributed by atoms with Crippen LogP contribution in [0.25, 0.3) is 0 Å². The number of nitrogens with one attached hydrogen (secondary N) is 1. The summed E-state index contributed by atoms with van der Waals surface area (Å²) in [6.45, 7) is 7.40. The van der Waals surface area contributed by atoms with E-state index in [0.29, 0.717) is 19.3 Å². The molecule has 0 fully saturated rings. The number of hydrogen-bond donors (Lipinski definition) is 1. The summed E-state index contributed by atoms with van der Waals surface area (Å²) in [5.41, 5.74) is 1.16. The van der Waals surface area contributed by atoms with E-state index in [2.05, 4.69) is 32.2 Å². The van der Waals surface area contributed by atoms with E-state index in [1.165, 1.54) is 0 Å². The third-order valence-electron chi connectivity index (χ3n) is 3.61. The van der Waals surface area contributed by atoms with E-state index in [1.807, 2.05) is 19.2 Å². The Bertz CT molecular complexity index is 420. The molecule has 1 heterocycles. The molecule has 0 spiro atoms. The Labute approximate surface area is 115 Å². The maximum Gasteiger partial charge on any atom is 0.231 e. The summed E-state index contributed by atoms with van der Waals surface area (Å²) in [4.78, 5) is 0. The van der Waals surface area contributed by atoms with Gasteiger partial charge in [-0.3, -0.25) is 0 Å². The molecule has 1 aliphatic rings. The SMILES string of the molecule is CNC(COC(C)C(C)C)c1ccc2c(c1)OCO2. The van der Waals surface area contributed by atoms with Crippen molar-refractivity contribution in [3.05, 3.63) is 23.8 Å². The first-order valence-electron chi connectivity index (χ1n) is 6.80. The van der Waals surface area contributed by atoms with Gasteiger partial charge in [0.2, 0.25) is 6.79 Å². The highest BCUT2D eigenvalue weighted by Gasteiger charge is 2.18. The van der Waals surface area contributed by atoms with Gasteiger partial charge in [0, 0.05) is 0 Å². The Morgan fingerprint density at radius 1 is 1.21 bits per heavy atom. The van der Waals surface area contributed by atoms with E-state index in [0.717, 1.165) is 17.1 Å². The molecule has 1 aromatic rings. The molecule has 0 saturated carbocycles. The van der Waals surface area contributed by atoms with Gasteiger partial charge in [0.05, 0.1) is 18.8 Å². The van der Waals surface area contributed by atoms with Crippen LogP contribution in [0, 0.1) is 5.92 Å². The summed E-state index contributed by atoms with van der Waals surface area (Å²) in [6, 6.07) is 6.19. The molecular weight excluding hydrogens is 242 g/mol. The van der Waals surface area contributed by atoms with Gasteiger partial charge in [0.15, 0.2) is 11.5 Å². The highest BCUT2D eigenvalue weighted by atomic mass is 16.7. The highest BCUT2D eigenvalue weighted by molar-refractivity contribution is 5.45. The van der Waals surface area contributed by atoms with Crippen molar-refractivity contribution < 1.29 is 14.2 Å². The molecule has 0 aliphatic carbocycles. The number of ether oxygens (including phenoxy) is 3. The zero-order valence-electron chi connectivity index (χ0n) is 12.1. The van der Waals surface area contributed by atoms with Crippen LogP contribution >= 0.6 is 0 Å². The zero-order chi connectivity index (χ0) is 13.8. The van der Waals surface area contributed by atoms with Crippen LogP contribution in [-0.4, -0.2) is 26.6 Å². The summed E-state index contributed by atoms with van der Waals surface area (Å²) in [7, 11) is 1.94. The number of rotatable bonds is 6. The normalized spacial score (nSPS) is 16.7. The van der Waals surface area contributed by atoms with E-state index in [1.54, 1.807) is 0 Å². The molecule has 19 heavy (non-hydrogen) atoms. The van der Waals surface area contributed by atoms with Crippen LogP contribution in [0.3, 0.4) is 0 Å². The number of hydrogen-bond acceptors (Lipinski definition) is 4. The third-order valence-corrected chi connectivity index (χ3v) is 3.61. The standard InChI is InChI=1S/C15H23NO3/c1-10(2)11(3)17-8-13(16-4)12-5-6-14-15(7-12)19-9-18-14/h5-7,10-11,13,16H,8-9H2,1-4H3. The molecule has 1 aliphatic heterocycles. The first-order valence-corrected chi connectivity index (χ1v) is 6.80. The van der Waals surface area contributed by atoms with Gasteiger partial charge in [-0.2, -0.15) is 0 Å². The highest BCUT2D eigenvalue weighted by Crippen LogP contribution is 2.34. The van der Waals surface area contributed by atoms with Crippen molar-refractivity contribution in [2.24, 2.45) is 5.92 Å². The van der Waals surface area contributed by atoms with Crippen molar-refractivity contribution in [1.82, 2.24) is 5.32 Å². The maximum absolute atomic E-state index is 5.90. The van der Waals surface area contributed by atoms with Crippen LogP contribution in [-0.2, 0) is 4.74 Å². The largest absolute Gasteiger partial charge is 0.454 e. The van der Waals surface area contributed by atoms with E-state index >= 15 is 0 Å². The Morgan fingerprint density at radius 2 is 1.95 bits per heavy atom. The molecule has 4 heteroatoms. The average Bonchev–Trinajstić information content (AvgIpc) is 2.86. The smallest absolute Gasteiger partial charge is 0.231 e. The molecule has 0 amide bonds. The molecule has 2 unspecified atom stereocenters. The van der Waals surface area contributed by atoms with Gasteiger partial charge in [-0.1, -0.05) is 19.9 Å². The topological polar surface area (TPSA) is 39.7 Å². The summed E-state index contributed by atoms with van der Waals surface area (Å²) in [5.74, 6) is 2.15. The Balaban J connectivity index is 2.01. The van der Waals surface area contributed by atoms with Gasteiger partial charge < -0.3 is 19.5 Å². The monoisotopic (exact) mass is 265 g/mol. The molecule has 0 bridgehead atoms. The van der Waals surface area contributed by atoms with Crippen LogP contribution in [0.5, 0.6) is 11.5 Å². The molecule has 106 valence electrons. The summed E-state index contributed by atoms with van der Waals surface area (Å²) in [5, 5.41) is 3.28. The lowest BCUT2D eigenvalue weighted by molar-refractivity contribution is 0.0229. The van der Waals surface area contributed by atoms with Crippen LogP contribution in [0.4, 0.5) is 0 Å². The van der Waals surface area contributed by atoms with Crippen LogP contribution in [0.2, 0.25) is 0 Å². The van der Waals surface area contributed by atoms with Crippen LogP contribution in [0.15, 0.2) is 18.2 Å². The van der Waals surface area contributed by atoms with Gasteiger partial charge in [-0.15, -0.1) is 0 Å². The molecule has 0 radical (unpaired) electrons. The lowest BCUT2D eigenvalue weighted by Crippen LogP contribution is -2.26. The zero-order valence-corrected chi connectivity index (χ0v) is 12.1. The van der Waals surface area contributed by atoms with E-state index in [4.69, 9.17) is 14.2 Å². The molecule has 1 aromatic carbocycles. The molecule has 2 rings (SSSR count). The summed E-state index contributed by atoms with van der Waals surface area (Å²) < 4.78 is 16.6. The minimum atomic E-state index is 0.163. The van der Waals surface area contributed by atoms with Gasteiger partial charge in [-0.05, 0) is 37.6 Å². The number of likely N-dealkylation sites (N-methyl/N-ethyl adjacent to an activating group) is 1. The molecular formula is C15H23NO3.